The first-order chi connectivity index (χ1) is 8.26. The van der Waals surface area contributed by atoms with Crippen molar-refractivity contribution < 1.29 is 4.84 Å². The molecule has 1 atom stereocenters. The van der Waals surface area contributed by atoms with Gasteiger partial charge >= 0.3 is 0 Å². The number of nitrogens with zero attached hydrogens (tertiary/aromatic N) is 4. The van der Waals surface area contributed by atoms with Crippen molar-refractivity contribution in [3.63, 3.8) is 0 Å². The van der Waals surface area contributed by atoms with Crippen LogP contribution in [-0.2, 0) is 4.84 Å². The Morgan fingerprint density at radius 3 is 3.06 bits per heavy atom. The maximum Gasteiger partial charge on any atom is 0.182 e. The fraction of sp³-hybridized carbons (Fsp3) is 0.300. The molecule has 0 radical (unpaired) electrons. The molecule has 90 valence electrons. The molecular weight excluding hydrogens is 220 g/mol. The van der Waals surface area contributed by atoms with Crippen LogP contribution in [0.15, 0.2) is 25.3 Å². The van der Waals surface area contributed by atoms with E-state index >= 15 is 0 Å². The number of anilines is 1. The minimum absolute atomic E-state index is 0.193. The average Bonchev–Trinajstić information content (AvgIpc) is 2.83. The summed E-state index contributed by atoms with van der Waals surface area (Å²) in [6, 6.07) is 0. The molecule has 0 saturated heterocycles. The minimum Gasteiger partial charge on any atom is -0.347 e. The van der Waals surface area contributed by atoms with Gasteiger partial charge in [0.25, 0.3) is 0 Å². The number of hydrogen-bond acceptors (Lipinski definition) is 6. The molecule has 0 bridgehead atoms. The lowest BCUT2D eigenvalue weighted by Crippen LogP contribution is -2.35. The van der Waals surface area contributed by atoms with Crippen LogP contribution < -0.4 is 5.32 Å². The molecular formula is C10H14N6O. The Morgan fingerprint density at radius 1 is 1.53 bits per heavy atom. The van der Waals surface area contributed by atoms with Crippen LogP contribution >= 0.6 is 0 Å². The van der Waals surface area contributed by atoms with Crippen LogP contribution in [0.1, 0.15) is 0 Å². The van der Waals surface area contributed by atoms with Crippen LogP contribution in [-0.4, -0.2) is 45.3 Å². The van der Waals surface area contributed by atoms with Gasteiger partial charge in [0, 0.05) is 7.05 Å². The molecule has 17 heavy (non-hydrogen) atoms. The fourth-order valence-electron chi connectivity index (χ4n) is 1.43. The Bertz CT molecular complexity index is 510. The van der Waals surface area contributed by atoms with Crippen molar-refractivity contribution in [2.75, 3.05) is 19.5 Å². The Kier molecular flexibility index (Phi) is 3.31. The molecule has 2 heterocycles. The lowest BCUT2D eigenvalue weighted by molar-refractivity contribution is -0.122. The molecule has 1 unspecified atom stereocenters. The third kappa shape index (κ3) is 2.24. The quantitative estimate of drug-likeness (QED) is 0.452. The van der Waals surface area contributed by atoms with Crippen LogP contribution in [0.25, 0.3) is 11.2 Å². The van der Waals surface area contributed by atoms with E-state index in [1.165, 1.54) is 6.33 Å². The molecule has 0 aliphatic rings. The topological polar surface area (TPSA) is 79.0 Å². The second-order valence-corrected chi connectivity index (χ2v) is 3.38. The molecule has 0 aromatic carbocycles. The zero-order valence-electron chi connectivity index (χ0n) is 9.71. The summed E-state index contributed by atoms with van der Waals surface area (Å²) in [5, 5.41) is 4.79. The number of likely N-dealkylation sites (N-methyl/N-ethyl adjacent to an activating group) is 1. The van der Waals surface area contributed by atoms with E-state index in [-0.39, 0.29) is 6.17 Å². The molecule has 0 amide bonds. The highest BCUT2D eigenvalue weighted by molar-refractivity contribution is 5.82. The maximum absolute atomic E-state index is 5.10. The van der Waals surface area contributed by atoms with Gasteiger partial charge in [-0.2, -0.15) is 5.06 Å². The van der Waals surface area contributed by atoms with Crippen LogP contribution in [0.3, 0.4) is 0 Å². The molecule has 2 N–H and O–H groups in total. The average molecular weight is 234 g/mol. The van der Waals surface area contributed by atoms with Crippen molar-refractivity contribution in [1.29, 1.82) is 0 Å². The number of H-pyrrole nitrogens is 1. The Balaban J connectivity index is 2.28. The summed E-state index contributed by atoms with van der Waals surface area (Å²) in [5.74, 6) is 0.654. The molecule has 7 nitrogen and oxygen atoms in total. The van der Waals surface area contributed by atoms with Gasteiger partial charge in [-0.15, -0.1) is 0 Å². The van der Waals surface area contributed by atoms with E-state index in [4.69, 9.17) is 4.84 Å². The smallest absolute Gasteiger partial charge is 0.182 e. The second kappa shape index (κ2) is 4.89. The molecule has 0 saturated carbocycles. The van der Waals surface area contributed by atoms with Crippen LogP contribution in [0.5, 0.6) is 0 Å². The molecule has 0 aliphatic heterocycles. The lowest BCUT2D eigenvalue weighted by atomic mass is 10.4. The third-order valence-corrected chi connectivity index (χ3v) is 2.41. The van der Waals surface area contributed by atoms with Gasteiger partial charge in [0.1, 0.15) is 18.0 Å². The predicted molar refractivity (Wildman–Crippen MR) is 64.1 cm³/mol. The van der Waals surface area contributed by atoms with Crippen molar-refractivity contribution >= 4 is 17.0 Å². The SMILES string of the molecule is C=CC(Nc1ncnc2nc[nH]c12)N(C)OC. The Morgan fingerprint density at radius 2 is 2.35 bits per heavy atom. The number of nitrogens with one attached hydrogen (secondary N) is 2. The monoisotopic (exact) mass is 234 g/mol. The first-order valence-electron chi connectivity index (χ1n) is 5.06. The zero-order valence-corrected chi connectivity index (χ0v) is 9.71. The molecule has 2 rings (SSSR count). The summed E-state index contributed by atoms with van der Waals surface area (Å²) in [7, 11) is 3.38. The first kappa shape index (κ1) is 11.5. The number of hydrogen-bond donors (Lipinski definition) is 2. The summed E-state index contributed by atoms with van der Waals surface area (Å²) < 4.78 is 0. The van der Waals surface area contributed by atoms with Gasteiger partial charge in [-0.1, -0.05) is 12.7 Å². The lowest BCUT2D eigenvalue weighted by Gasteiger charge is -2.24. The van der Waals surface area contributed by atoms with Gasteiger partial charge in [-0.25, -0.2) is 15.0 Å². The van der Waals surface area contributed by atoms with Crippen LogP contribution in [0.4, 0.5) is 5.82 Å². The van der Waals surface area contributed by atoms with E-state index in [0.29, 0.717) is 11.5 Å². The van der Waals surface area contributed by atoms with Crippen molar-refractivity contribution in [3.8, 4) is 0 Å². The van der Waals surface area contributed by atoms with Crippen molar-refractivity contribution in [2.24, 2.45) is 0 Å². The maximum atomic E-state index is 5.10. The second-order valence-electron chi connectivity index (χ2n) is 3.38. The standard InChI is InChI=1S/C10H14N6O/c1-4-7(16(2)17-3)15-10-8-9(12-5-11-8)13-6-14-10/h4-7H,1H2,2-3H3,(H2,11,12,13,14,15). The van der Waals surface area contributed by atoms with E-state index in [1.807, 2.05) is 0 Å². The number of aromatic amines is 1. The van der Waals surface area contributed by atoms with E-state index in [0.717, 1.165) is 5.52 Å². The third-order valence-electron chi connectivity index (χ3n) is 2.41. The van der Waals surface area contributed by atoms with E-state index in [1.54, 1.807) is 31.6 Å². The van der Waals surface area contributed by atoms with Gasteiger partial charge < -0.3 is 15.1 Å². The van der Waals surface area contributed by atoms with Gasteiger partial charge in [-0.05, 0) is 0 Å². The summed E-state index contributed by atoms with van der Waals surface area (Å²) in [4.78, 5) is 20.3. The minimum atomic E-state index is -0.193. The highest BCUT2D eigenvalue weighted by atomic mass is 16.7. The van der Waals surface area contributed by atoms with E-state index in [2.05, 4.69) is 31.8 Å². The number of rotatable bonds is 5. The number of imidazole rings is 1. The zero-order chi connectivity index (χ0) is 12.3. The number of aromatic nitrogens is 4. The normalized spacial score (nSPS) is 12.9. The van der Waals surface area contributed by atoms with E-state index in [9.17, 15) is 0 Å². The van der Waals surface area contributed by atoms with Crippen molar-refractivity contribution in [1.82, 2.24) is 25.0 Å². The molecule has 0 fully saturated rings. The predicted octanol–water partition coefficient (Wildman–Crippen LogP) is 0.770. The van der Waals surface area contributed by atoms with Gasteiger partial charge in [0.15, 0.2) is 11.5 Å². The van der Waals surface area contributed by atoms with Crippen LogP contribution in [0, 0.1) is 0 Å². The molecule has 2 aromatic heterocycles. The van der Waals surface area contributed by atoms with Crippen molar-refractivity contribution in [3.05, 3.63) is 25.3 Å². The molecule has 2 aromatic rings. The summed E-state index contributed by atoms with van der Waals surface area (Å²) >= 11 is 0. The Hall–Kier alpha value is -1.99. The highest BCUT2D eigenvalue weighted by Crippen LogP contribution is 2.16. The number of fused-ring (bicyclic) bond motifs is 1. The molecule has 7 heteroatoms. The van der Waals surface area contributed by atoms with Crippen LogP contribution in [0.2, 0.25) is 0 Å². The van der Waals surface area contributed by atoms with E-state index < -0.39 is 0 Å². The summed E-state index contributed by atoms with van der Waals surface area (Å²) in [6.07, 6.45) is 4.56. The van der Waals surface area contributed by atoms with Gasteiger partial charge in [0.05, 0.1) is 13.4 Å². The number of hydroxylamine groups is 2. The fourth-order valence-corrected chi connectivity index (χ4v) is 1.43. The van der Waals surface area contributed by atoms with Gasteiger partial charge in [0.2, 0.25) is 0 Å². The molecule has 0 aliphatic carbocycles. The summed E-state index contributed by atoms with van der Waals surface area (Å²) in [6.45, 7) is 3.74. The largest absolute Gasteiger partial charge is 0.347 e. The molecule has 0 spiro atoms. The first-order valence-corrected chi connectivity index (χ1v) is 5.06. The summed E-state index contributed by atoms with van der Waals surface area (Å²) in [5.41, 5.74) is 1.37. The highest BCUT2D eigenvalue weighted by Gasteiger charge is 2.13. The van der Waals surface area contributed by atoms with Crippen molar-refractivity contribution in [2.45, 2.75) is 6.17 Å². The Labute approximate surface area is 98.5 Å². The van der Waals surface area contributed by atoms with Gasteiger partial charge in [-0.3, -0.25) is 0 Å².